The van der Waals surface area contributed by atoms with E-state index in [-0.39, 0.29) is 24.4 Å². The Morgan fingerprint density at radius 3 is 2.91 bits per heavy atom. The number of carbonyl (C=O) groups is 1. The van der Waals surface area contributed by atoms with Crippen LogP contribution >= 0.6 is 24.2 Å². The molecule has 6 nitrogen and oxygen atoms in total. The van der Waals surface area contributed by atoms with Crippen LogP contribution in [0.1, 0.15) is 44.3 Å². The molecule has 2 rings (SSSR count). The van der Waals surface area contributed by atoms with Crippen LogP contribution in [0.25, 0.3) is 0 Å². The normalized spacial score (nSPS) is 18.5. The third-order valence-corrected chi connectivity index (χ3v) is 4.35. The molecule has 0 bridgehead atoms. The minimum Gasteiger partial charge on any atom is -0.350 e. The first-order valence-electron chi connectivity index (χ1n) is 7.49. The van der Waals surface area contributed by atoms with Gasteiger partial charge in [0.25, 0.3) is 0 Å². The molecule has 1 aromatic rings. The second kappa shape index (κ2) is 8.74. The molecule has 1 aliphatic heterocycles. The molecule has 0 aromatic carbocycles. The summed E-state index contributed by atoms with van der Waals surface area (Å²) in [5, 5.41) is 7.57. The number of hydrogen-bond donors (Lipinski definition) is 2. The molecule has 3 N–H and O–H groups in total. The lowest BCUT2D eigenvalue weighted by Gasteiger charge is -2.24. The Labute approximate surface area is 142 Å². The molecular formula is C14H26ClN5OS. The number of aromatic nitrogens is 3. The fraction of sp³-hybridized carbons (Fsp3) is 0.786. The number of thioether (sulfide) groups is 1. The summed E-state index contributed by atoms with van der Waals surface area (Å²) in [5.74, 6) is 3.09. The minimum atomic E-state index is -0.416. The highest BCUT2D eigenvalue weighted by Crippen LogP contribution is 2.17. The first-order chi connectivity index (χ1) is 10.0. The van der Waals surface area contributed by atoms with Crippen molar-refractivity contribution in [1.82, 2.24) is 20.1 Å². The van der Waals surface area contributed by atoms with Crippen molar-refractivity contribution >= 4 is 30.1 Å². The highest BCUT2D eigenvalue weighted by atomic mass is 35.5. The van der Waals surface area contributed by atoms with Crippen LogP contribution in [0.5, 0.6) is 0 Å². The van der Waals surface area contributed by atoms with E-state index in [9.17, 15) is 4.79 Å². The standard InChI is InChI=1S/C14H25N5OS.ClH/c1-9(2)13-17-12-5-4-10(8-19(12)18-13)16-14(20)11(15)6-7-21-3;/h9-11H,4-8,15H2,1-3H3,(H,16,20);1H. The van der Waals surface area contributed by atoms with Crippen LogP contribution in [0.15, 0.2) is 0 Å². The van der Waals surface area contributed by atoms with Crippen LogP contribution in [0.2, 0.25) is 0 Å². The quantitative estimate of drug-likeness (QED) is 0.811. The van der Waals surface area contributed by atoms with E-state index in [1.807, 2.05) is 10.9 Å². The summed E-state index contributed by atoms with van der Waals surface area (Å²) >= 11 is 1.71. The Kier molecular flexibility index (Phi) is 7.65. The van der Waals surface area contributed by atoms with Crippen LogP contribution in [-0.2, 0) is 17.8 Å². The minimum absolute atomic E-state index is 0. The van der Waals surface area contributed by atoms with Crippen LogP contribution in [-0.4, -0.2) is 44.8 Å². The smallest absolute Gasteiger partial charge is 0.237 e. The van der Waals surface area contributed by atoms with Gasteiger partial charge in [0.05, 0.1) is 12.6 Å². The fourth-order valence-electron chi connectivity index (χ4n) is 2.37. The topological polar surface area (TPSA) is 85.8 Å². The first kappa shape index (κ1) is 19.3. The van der Waals surface area contributed by atoms with Crippen molar-refractivity contribution < 1.29 is 4.79 Å². The molecule has 22 heavy (non-hydrogen) atoms. The molecule has 0 radical (unpaired) electrons. The highest BCUT2D eigenvalue weighted by molar-refractivity contribution is 7.98. The highest BCUT2D eigenvalue weighted by Gasteiger charge is 2.25. The van der Waals surface area contributed by atoms with Gasteiger partial charge in [0.1, 0.15) is 5.82 Å². The zero-order chi connectivity index (χ0) is 15.4. The van der Waals surface area contributed by atoms with E-state index < -0.39 is 6.04 Å². The summed E-state index contributed by atoms with van der Waals surface area (Å²) in [5.41, 5.74) is 5.90. The predicted octanol–water partition coefficient (Wildman–Crippen LogP) is 1.33. The molecule has 0 saturated heterocycles. The zero-order valence-corrected chi connectivity index (χ0v) is 15.0. The second-order valence-electron chi connectivity index (χ2n) is 5.86. The van der Waals surface area contributed by atoms with Gasteiger partial charge in [0, 0.05) is 18.4 Å². The number of carbonyl (C=O) groups excluding carboxylic acids is 1. The number of hydrogen-bond acceptors (Lipinski definition) is 5. The van der Waals surface area contributed by atoms with E-state index in [1.165, 1.54) is 0 Å². The lowest BCUT2D eigenvalue weighted by Crippen LogP contribution is -2.48. The van der Waals surface area contributed by atoms with Crippen molar-refractivity contribution in [1.29, 1.82) is 0 Å². The number of halogens is 1. The van der Waals surface area contributed by atoms with E-state index in [0.29, 0.717) is 18.9 Å². The van der Waals surface area contributed by atoms with Crippen molar-refractivity contribution in [3.63, 3.8) is 0 Å². The number of aryl methyl sites for hydroxylation is 1. The van der Waals surface area contributed by atoms with Crippen molar-refractivity contribution in [3.05, 3.63) is 11.6 Å². The number of amides is 1. The van der Waals surface area contributed by atoms with Crippen molar-refractivity contribution in [2.24, 2.45) is 5.73 Å². The molecule has 0 fully saturated rings. The number of nitrogens with one attached hydrogen (secondary N) is 1. The molecule has 2 heterocycles. The van der Waals surface area contributed by atoms with E-state index >= 15 is 0 Å². The molecule has 0 spiro atoms. The molecular weight excluding hydrogens is 322 g/mol. The van der Waals surface area contributed by atoms with Gasteiger partial charge in [0.15, 0.2) is 5.82 Å². The number of nitrogens with two attached hydrogens (primary N) is 1. The van der Waals surface area contributed by atoms with Crippen LogP contribution in [0, 0.1) is 0 Å². The third kappa shape index (κ3) is 4.86. The van der Waals surface area contributed by atoms with Gasteiger partial charge < -0.3 is 11.1 Å². The Hall–Kier alpha value is -0.790. The van der Waals surface area contributed by atoms with E-state index in [0.717, 1.165) is 30.2 Å². The maximum atomic E-state index is 12.1. The van der Waals surface area contributed by atoms with Gasteiger partial charge in [-0.25, -0.2) is 9.67 Å². The molecule has 1 aliphatic rings. The number of nitrogens with zero attached hydrogens (tertiary/aromatic N) is 3. The van der Waals surface area contributed by atoms with Crippen molar-refractivity contribution in [2.75, 3.05) is 12.0 Å². The van der Waals surface area contributed by atoms with Crippen LogP contribution in [0.4, 0.5) is 0 Å². The fourth-order valence-corrected chi connectivity index (χ4v) is 2.86. The van der Waals surface area contributed by atoms with Gasteiger partial charge in [-0.3, -0.25) is 4.79 Å². The summed E-state index contributed by atoms with van der Waals surface area (Å²) in [4.78, 5) is 16.6. The summed E-state index contributed by atoms with van der Waals surface area (Å²) in [7, 11) is 0. The van der Waals surface area contributed by atoms with Gasteiger partial charge in [-0.05, 0) is 24.9 Å². The molecule has 0 saturated carbocycles. The summed E-state index contributed by atoms with van der Waals surface area (Å²) in [6.07, 6.45) is 4.48. The second-order valence-corrected chi connectivity index (χ2v) is 6.84. The monoisotopic (exact) mass is 347 g/mol. The number of rotatable bonds is 6. The summed E-state index contributed by atoms with van der Waals surface area (Å²) < 4.78 is 1.93. The summed E-state index contributed by atoms with van der Waals surface area (Å²) in [6, 6.07) is -0.312. The average Bonchev–Trinajstić information content (AvgIpc) is 2.88. The first-order valence-corrected chi connectivity index (χ1v) is 8.89. The van der Waals surface area contributed by atoms with Crippen LogP contribution in [0.3, 0.4) is 0 Å². The van der Waals surface area contributed by atoms with Gasteiger partial charge in [-0.1, -0.05) is 13.8 Å². The molecule has 1 aromatic heterocycles. The Morgan fingerprint density at radius 1 is 1.55 bits per heavy atom. The zero-order valence-electron chi connectivity index (χ0n) is 13.4. The Morgan fingerprint density at radius 2 is 2.27 bits per heavy atom. The third-order valence-electron chi connectivity index (χ3n) is 3.71. The lowest BCUT2D eigenvalue weighted by molar-refractivity contribution is -0.123. The van der Waals surface area contributed by atoms with Gasteiger partial charge in [-0.2, -0.15) is 16.9 Å². The van der Waals surface area contributed by atoms with Gasteiger partial charge in [0.2, 0.25) is 5.91 Å². The molecule has 0 aliphatic carbocycles. The van der Waals surface area contributed by atoms with Crippen LogP contribution < -0.4 is 11.1 Å². The molecule has 126 valence electrons. The van der Waals surface area contributed by atoms with Crippen molar-refractivity contribution in [2.45, 2.75) is 57.7 Å². The maximum Gasteiger partial charge on any atom is 0.237 e. The average molecular weight is 348 g/mol. The predicted molar refractivity (Wildman–Crippen MR) is 92.6 cm³/mol. The van der Waals surface area contributed by atoms with Gasteiger partial charge >= 0.3 is 0 Å². The molecule has 8 heteroatoms. The summed E-state index contributed by atoms with van der Waals surface area (Å²) in [6.45, 7) is 4.87. The molecule has 2 atom stereocenters. The van der Waals surface area contributed by atoms with E-state index in [4.69, 9.17) is 5.73 Å². The SMILES string of the molecule is CSCCC(N)C(=O)NC1CCc2nc(C(C)C)nn2C1.Cl. The molecule has 1 amide bonds. The Bertz CT molecular complexity index is 494. The Balaban J connectivity index is 0.00000242. The number of fused-ring (bicyclic) bond motifs is 1. The van der Waals surface area contributed by atoms with E-state index in [1.54, 1.807) is 11.8 Å². The molecule has 2 unspecified atom stereocenters. The van der Waals surface area contributed by atoms with E-state index in [2.05, 4.69) is 29.2 Å². The van der Waals surface area contributed by atoms with Crippen molar-refractivity contribution in [3.8, 4) is 0 Å². The van der Waals surface area contributed by atoms with Gasteiger partial charge in [-0.15, -0.1) is 12.4 Å². The maximum absolute atomic E-state index is 12.1. The lowest BCUT2D eigenvalue weighted by atomic mass is 10.1. The largest absolute Gasteiger partial charge is 0.350 e.